The van der Waals surface area contributed by atoms with Gasteiger partial charge in [-0.25, -0.2) is 9.78 Å². The zero-order valence-electron chi connectivity index (χ0n) is 14.0. The van der Waals surface area contributed by atoms with Crippen LogP contribution in [0.1, 0.15) is 52.7 Å². The summed E-state index contributed by atoms with van der Waals surface area (Å²) >= 11 is 0. The average Bonchev–Trinajstić information content (AvgIpc) is 2.63. The number of hydrogen-bond acceptors (Lipinski definition) is 3. The van der Waals surface area contributed by atoms with E-state index in [-0.39, 0.29) is 23.2 Å². The molecular formula is C19H22N2O3. The molecule has 1 aromatic heterocycles. The van der Waals surface area contributed by atoms with Crippen LogP contribution < -0.4 is 0 Å². The molecule has 126 valence electrons. The van der Waals surface area contributed by atoms with Gasteiger partial charge in [0.05, 0.1) is 0 Å². The van der Waals surface area contributed by atoms with Gasteiger partial charge in [0.1, 0.15) is 11.4 Å². The fraction of sp³-hybridized carbons (Fsp3) is 0.316. The van der Waals surface area contributed by atoms with E-state index in [1.54, 1.807) is 17.0 Å². The molecule has 0 bridgehead atoms. The van der Waals surface area contributed by atoms with E-state index in [0.717, 1.165) is 6.42 Å². The lowest BCUT2D eigenvalue weighted by atomic mass is 9.96. The van der Waals surface area contributed by atoms with Crippen LogP contribution in [-0.4, -0.2) is 40.0 Å². The van der Waals surface area contributed by atoms with Gasteiger partial charge in [-0.3, -0.25) is 4.79 Å². The van der Waals surface area contributed by atoms with Gasteiger partial charge in [0.15, 0.2) is 0 Å². The number of benzene rings is 1. The topological polar surface area (TPSA) is 70.5 Å². The van der Waals surface area contributed by atoms with Gasteiger partial charge in [-0.15, -0.1) is 0 Å². The van der Waals surface area contributed by atoms with Crippen molar-refractivity contribution < 1.29 is 14.7 Å². The number of rotatable bonds is 7. The van der Waals surface area contributed by atoms with Crippen molar-refractivity contribution in [2.24, 2.45) is 0 Å². The summed E-state index contributed by atoms with van der Waals surface area (Å²) in [5.74, 6) is -1.14. The van der Waals surface area contributed by atoms with E-state index in [0.29, 0.717) is 13.1 Å². The van der Waals surface area contributed by atoms with Crippen molar-refractivity contribution in [2.75, 3.05) is 13.1 Å². The van der Waals surface area contributed by atoms with E-state index in [4.69, 9.17) is 5.11 Å². The predicted octanol–water partition coefficient (Wildman–Crippen LogP) is 3.44. The average molecular weight is 326 g/mol. The summed E-state index contributed by atoms with van der Waals surface area (Å²) in [6.45, 7) is 5.13. The zero-order chi connectivity index (χ0) is 17.5. The first kappa shape index (κ1) is 17.7. The predicted molar refractivity (Wildman–Crippen MR) is 92.2 cm³/mol. The highest BCUT2D eigenvalue weighted by Gasteiger charge is 2.21. The maximum atomic E-state index is 12.7. The minimum Gasteiger partial charge on any atom is -0.477 e. The van der Waals surface area contributed by atoms with Gasteiger partial charge in [0.2, 0.25) is 0 Å². The number of likely N-dealkylation sites (N-methyl/N-ethyl adjacent to an activating group) is 1. The van der Waals surface area contributed by atoms with Crippen molar-refractivity contribution in [2.45, 2.75) is 26.2 Å². The van der Waals surface area contributed by atoms with Gasteiger partial charge < -0.3 is 10.0 Å². The molecular weight excluding hydrogens is 304 g/mol. The second-order valence-electron chi connectivity index (χ2n) is 5.57. The summed E-state index contributed by atoms with van der Waals surface area (Å²) in [7, 11) is 0. The highest BCUT2D eigenvalue weighted by molar-refractivity contribution is 5.94. The normalized spacial score (nSPS) is 11.8. The quantitative estimate of drug-likeness (QED) is 0.846. The number of amides is 1. The van der Waals surface area contributed by atoms with Crippen LogP contribution in [0.25, 0.3) is 0 Å². The standard InChI is InChI=1S/C19H22N2O3/c1-3-14(15-9-6-5-7-10-15)13-21(4-2)18(22)16-11-8-12-17(20-16)19(23)24/h5-12,14H,3-4,13H2,1-2H3,(H,23,24). The van der Waals surface area contributed by atoms with Crippen LogP contribution >= 0.6 is 0 Å². The Hall–Kier alpha value is -2.69. The second kappa shape index (κ2) is 8.24. The van der Waals surface area contributed by atoms with Gasteiger partial charge in [0.25, 0.3) is 5.91 Å². The molecule has 1 N–H and O–H groups in total. The summed E-state index contributed by atoms with van der Waals surface area (Å²) < 4.78 is 0. The summed E-state index contributed by atoms with van der Waals surface area (Å²) in [4.78, 5) is 29.4. The number of aromatic nitrogens is 1. The first-order chi connectivity index (χ1) is 11.6. The van der Waals surface area contributed by atoms with E-state index in [1.807, 2.05) is 25.1 Å². The molecule has 0 saturated carbocycles. The van der Waals surface area contributed by atoms with Crippen molar-refractivity contribution in [3.63, 3.8) is 0 Å². The van der Waals surface area contributed by atoms with Gasteiger partial charge in [0, 0.05) is 19.0 Å². The van der Waals surface area contributed by atoms with E-state index >= 15 is 0 Å². The number of carboxylic acids is 1. The number of carbonyl (C=O) groups excluding carboxylic acids is 1. The summed E-state index contributed by atoms with van der Waals surface area (Å²) in [6, 6.07) is 14.6. The fourth-order valence-corrected chi connectivity index (χ4v) is 2.65. The van der Waals surface area contributed by atoms with Crippen LogP contribution in [-0.2, 0) is 0 Å². The highest BCUT2D eigenvalue weighted by atomic mass is 16.4. The van der Waals surface area contributed by atoms with E-state index in [2.05, 4.69) is 24.0 Å². The van der Waals surface area contributed by atoms with Gasteiger partial charge >= 0.3 is 5.97 Å². The van der Waals surface area contributed by atoms with Crippen LogP contribution in [0.3, 0.4) is 0 Å². The monoisotopic (exact) mass is 326 g/mol. The van der Waals surface area contributed by atoms with Crippen molar-refractivity contribution >= 4 is 11.9 Å². The Balaban J connectivity index is 2.19. The zero-order valence-corrected chi connectivity index (χ0v) is 14.0. The minimum atomic E-state index is -1.14. The molecule has 24 heavy (non-hydrogen) atoms. The Labute approximate surface area is 142 Å². The lowest BCUT2D eigenvalue weighted by molar-refractivity contribution is 0.0689. The molecule has 0 aliphatic heterocycles. The van der Waals surface area contributed by atoms with Crippen molar-refractivity contribution in [3.05, 3.63) is 65.5 Å². The van der Waals surface area contributed by atoms with Crippen LogP contribution in [0.4, 0.5) is 0 Å². The third kappa shape index (κ3) is 4.19. The molecule has 0 radical (unpaired) electrons. The lowest BCUT2D eigenvalue weighted by Gasteiger charge is -2.26. The van der Waals surface area contributed by atoms with Crippen molar-refractivity contribution in [3.8, 4) is 0 Å². The van der Waals surface area contributed by atoms with E-state index in [9.17, 15) is 9.59 Å². The Morgan fingerprint density at radius 2 is 1.71 bits per heavy atom. The SMILES string of the molecule is CCC(CN(CC)C(=O)c1cccc(C(=O)O)n1)c1ccccc1. The van der Waals surface area contributed by atoms with Gasteiger partial charge in [-0.1, -0.05) is 43.3 Å². The number of pyridine rings is 1. The number of nitrogens with zero attached hydrogens (tertiary/aromatic N) is 2. The molecule has 2 aromatic rings. The molecule has 0 saturated heterocycles. The second-order valence-corrected chi connectivity index (χ2v) is 5.57. The molecule has 2 rings (SSSR count). The number of carboxylic acid groups (broad SMARTS) is 1. The molecule has 0 aliphatic carbocycles. The smallest absolute Gasteiger partial charge is 0.354 e. The Morgan fingerprint density at radius 3 is 2.29 bits per heavy atom. The van der Waals surface area contributed by atoms with E-state index < -0.39 is 5.97 Å². The summed E-state index contributed by atoms with van der Waals surface area (Å²) in [6.07, 6.45) is 0.913. The van der Waals surface area contributed by atoms with Gasteiger partial charge in [-0.05, 0) is 31.0 Å². The lowest BCUT2D eigenvalue weighted by Crippen LogP contribution is -2.35. The Bertz CT molecular complexity index is 701. The van der Waals surface area contributed by atoms with Gasteiger partial charge in [-0.2, -0.15) is 0 Å². The first-order valence-corrected chi connectivity index (χ1v) is 8.11. The Kier molecular flexibility index (Phi) is 6.07. The first-order valence-electron chi connectivity index (χ1n) is 8.11. The molecule has 0 aliphatic rings. The largest absolute Gasteiger partial charge is 0.477 e. The molecule has 1 atom stereocenters. The number of carbonyl (C=O) groups is 2. The van der Waals surface area contributed by atoms with Crippen molar-refractivity contribution in [1.82, 2.24) is 9.88 Å². The summed E-state index contributed by atoms with van der Waals surface area (Å²) in [5.41, 5.74) is 1.24. The van der Waals surface area contributed by atoms with Crippen LogP contribution in [0.2, 0.25) is 0 Å². The molecule has 5 heteroatoms. The molecule has 5 nitrogen and oxygen atoms in total. The fourth-order valence-electron chi connectivity index (χ4n) is 2.65. The minimum absolute atomic E-state index is 0.119. The van der Waals surface area contributed by atoms with E-state index in [1.165, 1.54) is 11.6 Å². The maximum absolute atomic E-state index is 12.7. The third-order valence-corrected chi connectivity index (χ3v) is 4.06. The maximum Gasteiger partial charge on any atom is 0.354 e. The summed E-state index contributed by atoms with van der Waals surface area (Å²) in [5, 5.41) is 9.03. The van der Waals surface area contributed by atoms with Crippen LogP contribution in [0.15, 0.2) is 48.5 Å². The molecule has 0 fully saturated rings. The Morgan fingerprint density at radius 1 is 1.04 bits per heavy atom. The van der Waals surface area contributed by atoms with Crippen LogP contribution in [0, 0.1) is 0 Å². The number of aromatic carboxylic acids is 1. The third-order valence-electron chi connectivity index (χ3n) is 4.06. The molecule has 1 amide bonds. The number of hydrogen-bond donors (Lipinski definition) is 1. The molecule has 0 spiro atoms. The highest BCUT2D eigenvalue weighted by Crippen LogP contribution is 2.21. The molecule has 1 unspecified atom stereocenters. The van der Waals surface area contributed by atoms with Crippen molar-refractivity contribution in [1.29, 1.82) is 0 Å². The molecule has 1 heterocycles. The van der Waals surface area contributed by atoms with Crippen LogP contribution in [0.5, 0.6) is 0 Å². The molecule has 1 aromatic carbocycles.